The summed E-state index contributed by atoms with van der Waals surface area (Å²) in [6, 6.07) is 8.65. The van der Waals surface area contributed by atoms with Crippen LogP contribution in [-0.4, -0.2) is 24.0 Å². The number of nitrogens with two attached hydrogens (primary N) is 1. The van der Waals surface area contributed by atoms with Crippen molar-refractivity contribution in [1.82, 2.24) is 4.90 Å². The molecule has 2 rings (SSSR count). The van der Waals surface area contributed by atoms with Crippen LogP contribution in [0.2, 0.25) is 0 Å². The Hall–Kier alpha value is -0.860. The van der Waals surface area contributed by atoms with Gasteiger partial charge in [0.25, 0.3) is 0 Å². The number of hydrogen-bond acceptors (Lipinski definition) is 2. The molecule has 0 aromatic heterocycles. The lowest BCUT2D eigenvalue weighted by molar-refractivity contribution is 0.226. The van der Waals surface area contributed by atoms with E-state index < -0.39 is 0 Å². The summed E-state index contributed by atoms with van der Waals surface area (Å²) >= 11 is 0. The minimum atomic E-state index is 0.109. The monoisotopic (exact) mass is 260 g/mol. The van der Waals surface area contributed by atoms with Crippen LogP contribution in [0, 0.1) is 6.92 Å². The van der Waals surface area contributed by atoms with Gasteiger partial charge in [0.05, 0.1) is 0 Å². The first kappa shape index (κ1) is 14.5. The van der Waals surface area contributed by atoms with Gasteiger partial charge in [-0.25, -0.2) is 0 Å². The first-order valence-corrected chi connectivity index (χ1v) is 7.61. The average Bonchev–Trinajstić information content (AvgIpc) is 2.40. The van der Waals surface area contributed by atoms with Gasteiger partial charge in [0.1, 0.15) is 0 Å². The Labute approximate surface area is 118 Å². The summed E-state index contributed by atoms with van der Waals surface area (Å²) in [4.78, 5) is 2.41. The van der Waals surface area contributed by atoms with Gasteiger partial charge >= 0.3 is 0 Å². The SMILES string of the molecule is Cc1ccccc1CN(C)CCC1(N)CCCCC1. The molecule has 1 saturated carbocycles. The second kappa shape index (κ2) is 6.53. The molecule has 2 nitrogen and oxygen atoms in total. The largest absolute Gasteiger partial charge is 0.325 e. The minimum absolute atomic E-state index is 0.109. The predicted molar refractivity (Wildman–Crippen MR) is 82.1 cm³/mol. The summed E-state index contributed by atoms with van der Waals surface area (Å²) in [7, 11) is 2.21. The van der Waals surface area contributed by atoms with Gasteiger partial charge in [-0.3, -0.25) is 0 Å². The van der Waals surface area contributed by atoms with E-state index in [2.05, 4.69) is 43.1 Å². The van der Waals surface area contributed by atoms with E-state index >= 15 is 0 Å². The third-order valence-electron chi connectivity index (χ3n) is 4.54. The normalized spacial score (nSPS) is 18.7. The molecule has 0 spiro atoms. The Kier molecular flexibility index (Phi) is 5.00. The molecule has 106 valence electrons. The van der Waals surface area contributed by atoms with Crippen LogP contribution in [-0.2, 0) is 6.54 Å². The molecule has 0 radical (unpaired) electrons. The Morgan fingerprint density at radius 2 is 1.84 bits per heavy atom. The lowest BCUT2D eigenvalue weighted by atomic mass is 9.80. The van der Waals surface area contributed by atoms with E-state index in [0.717, 1.165) is 19.5 Å². The maximum atomic E-state index is 6.50. The third kappa shape index (κ3) is 4.32. The molecule has 19 heavy (non-hydrogen) atoms. The highest BCUT2D eigenvalue weighted by Crippen LogP contribution is 2.28. The van der Waals surface area contributed by atoms with Gasteiger partial charge in [0.15, 0.2) is 0 Å². The second-order valence-electron chi connectivity index (χ2n) is 6.34. The number of rotatable bonds is 5. The van der Waals surface area contributed by atoms with Crippen molar-refractivity contribution in [2.75, 3.05) is 13.6 Å². The first-order chi connectivity index (χ1) is 9.09. The standard InChI is InChI=1S/C17H28N2/c1-15-8-4-5-9-16(15)14-19(2)13-12-17(18)10-6-3-7-11-17/h4-5,8-9H,3,6-7,10-14,18H2,1-2H3. The summed E-state index contributed by atoms with van der Waals surface area (Å²) in [5.41, 5.74) is 9.43. The molecule has 0 amide bonds. The number of benzene rings is 1. The summed E-state index contributed by atoms with van der Waals surface area (Å²) < 4.78 is 0. The summed E-state index contributed by atoms with van der Waals surface area (Å²) in [5.74, 6) is 0. The first-order valence-electron chi connectivity index (χ1n) is 7.61. The molecule has 0 bridgehead atoms. The van der Waals surface area contributed by atoms with Crippen molar-refractivity contribution in [2.24, 2.45) is 5.73 Å². The molecule has 0 unspecified atom stereocenters. The summed E-state index contributed by atoms with van der Waals surface area (Å²) in [6.07, 6.45) is 7.57. The fourth-order valence-electron chi connectivity index (χ4n) is 3.08. The Bertz CT molecular complexity index is 394. The quantitative estimate of drug-likeness (QED) is 0.878. The van der Waals surface area contributed by atoms with Crippen LogP contribution in [0.5, 0.6) is 0 Å². The second-order valence-corrected chi connectivity index (χ2v) is 6.34. The molecule has 2 N–H and O–H groups in total. The van der Waals surface area contributed by atoms with Crippen molar-refractivity contribution < 1.29 is 0 Å². The molecule has 0 saturated heterocycles. The molecule has 1 aromatic rings. The van der Waals surface area contributed by atoms with Crippen LogP contribution in [0.15, 0.2) is 24.3 Å². The molecule has 1 fully saturated rings. The zero-order chi connectivity index (χ0) is 13.7. The molecule has 1 aromatic carbocycles. The molecule has 0 heterocycles. The van der Waals surface area contributed by atoms with Gasteiger partial charge < -0.3 is 10.6 Å². The predicted octanol–water partition coefficient (Wildman–Crippen LogP) is 3.48. The molecular weight excluding hydrogens is 232 g/mol. The number of aryl methyl sites for hydroxylation is 1. The van der Waals surface area contributed by atoms with Gasteiger partial charge in [0.2, 0.25) is 0 Å². The van der Waals surface area contributed by atoms with Crippen LogP contribution in [0.3, 0.4) is 0 Å². The van der Waals surface area contributed by atoms with Crippen molar-refractivity contribution >= 4 is 0 Å². The van der Waals surface area contributed by atoms with Gasteiger partial charge in [-0.2, -0.15) is 0 Å². The summed E-state index contributed by atoms with van der Waals surface area (Å²) in [5, 5.41) is 0. The third-order valence-corrected chi connectivity index (χ3v) is 4.54. The van der Waals surface area contributed by atoms with Crippen molar-refractivity contribution in [3.8, 4) is 0 Å². The van der Waals surface area contributed by atoms with E-state index in [1.54, 1.807) is 0 Å². The van der Waals surface area contributed by atoms with Crippen LogP contribution in [0.1, 0.15) is 49.7 Å². The van der Waals surface area contributed by atoms with Crippen LogP contribution >= 0.6 is 0 Å². The highest BCUT2D eigenvalue weighted by atomic mass is 15.1. The van der Waals surface area contributed by atoms with E-state index in [4.69, 9.17) is 5.73 Å². The van der Waals surface area contributed by atoms with Crippen molar-refractivity contribution in [3.63, 3.8) is 0 Å². The van der Waals surface area contributed by atoms with Gasteiger partial charge in [0, 0.05) is 12.1 Å². The van der Waals surface area contributed by atoms with E-state index in [1.165, 1.54) is 43.2 Å². The Morgan fingerprint density at radius 1 is 1.16 bits per heavy atom. The molecule has 0 atom stereocenters. The zero-order valence-corrected chi connectivity index (χ0v) is 12.5. The number of nitrogens with zero attached hydrogens (tertiary/aromatic N) is 1. The van der Waals surface area contributed by atoms with Gasteiger partial charge in [-0.15, -0.1) is 0 Å². The molecule has 0 aliphatic heterocycles. The zero-order valence-electron chi connectivity index (χ0n) is 12.5. The highest BCUT2D eigenvalue weighted by molar-refractivity contribution is 5.25. The fraction of sp³-hybridized carbons (Fsp3) is 0.647. The smallest absolute Gasteiger partial charge is 0.0233 e. The Morgan fingerprint density at radius 3 is 2.53 bits per heavy atom. The fourth-order valence-corrected chi connectivity index (χ4v) is 3.08. The van der Waals surface area contributed by atoms with E-state index in [1.807, 2.05) is 0 Å². The maximum absolute atomic E-state index is 6.50. The van der Waals surface area contributed by atoms with E-state index in [0.29, 0.717) is 0 Å². The molecule has 1 aliphatic carbocycles. The lowest BCUT2D eigenvalue weighted by Gasteiger charge is -2.35. The molecule has 1 aliphatic rings. The lowest BCUT2D eigenvalue weighted by Crippen LogP contribution is -2.44. The molecular formula is C17H28N2. The summed E-state index contributed by atoms with van der Waals surface area (Å²) in [6.45, 7) is 4.32. The highest BCUT2D eigenvalue weighted by Gasteiger charge is 2.27. The average molecular weight is 260 g/mol. The van der Waals surface area contributed by atoms with E-state index in [9.17, 15) is 0 Å². The van der Waals surface area contributed by atoms with E-state index in [-0.39, 0.29) is 5.54 Å². The number of hydrogen-bond donors (Lipinski definition) is 1. The Balaban J connectivity index is 1.81. The van der Waals surface area contributed by atoms with Crippen LogP contribution < -0.4 is 5.73 Å². The molecule has 2 heteroatoms. The topological polar surface area (TPSA) is 29.3 Å². The van der Waals surface area contributed by atoms with Crippen molar-refractivity contribution in [3.05, 3.63) is 35.4 Å². The van der Waals surface area contributed by atoms with Gasteiger partial charge in [-0.1, -0.05) is 43.5 Å². The van der Waals surface area contributed by atoms with Crippen molar-refractivity contribution in [2.45, 2.75) is 57.5 Å². The van der Waals surface area contributed by atoms with Crippen LogP contribution in [0.25, 0.3) is 0 Å². The van der Waals surface area contributed by atoms with Crippen molar-refractivity contribution in [1.29, 1.82) is 0 Å². The minimum Gasteiger partial charge on any atom is -0.325 e. The van der Waals surface area contributed by atoms with Gasteiger partial charge in [-0.05, 0) is 50.9 Å². The van der Waals surface area contributed by atoms with Crippen LogP contribution in [0.4, 0.5) is 0 Å². The maximum Gasteiger partial charge on any atom is 0.0233 e.